The lowest BCUT2D eigenvalue weighted by atomic mass is 10.1. The fourth-order valence-electron chi connectivity index (χ4n) is 2.22. The number of carboxylic acids is 1. The van der Waals surface area contributed by atoms with Gasteiger partial charge in [0.25, 0.3) is 0 Å². The Hall–Kier alpha value is -1.38. The van der Waals surface area contributed by atoms with Gasteiger partial charge in [0.05, 0.1) is 0 Å². The third-order valence-electron chi connectivity index (χ3n) is 3.38. The lowest BCUT2D eigenvalue weighted by Crippen LogP contribution is -2.33. The molecule has 1 aromatic heterocycles. The smallest absolute Gasteiger partial charge is 0.341 e. The molecule has 3 nitrogen and oxygen atoms in total. The fourth-order valence-corrected chi connectivity index (χ4v) is 2.22. The maximum Gasteiger partial charge on any atom is 0.341 e. The number of rotatable bonds is 10. The van der Waals surface area contributed by atoms with Crippen molar-refractivity contribution in [2.75, 3.05) is 0 Å². The number of unbranched alkanes of at least 4 members (excludes halogenated alkanes) is 7. The average molecular weight is 264 g/mol. The summed E-state index contributed by atoms with van der Waals surface area (Å²) in [7, 11) is 0. The molecule has 0 aliphatic heterocycles. The third kappa shape index (κ3) is 6.94. The van der Waals surface area contributed by atoms with Gasteiger partial charge in [-0.1, -0.05) is 45.4 Å². The third-order valence-corrected chi connectivity index (χ3v) is 3.38. The van der Waals surface area contributed by atoms with E-state index in [0.29, 0.717) is 5.56 Å². The summed E-state index contributed by atoms with van der Waals surface area (Å²) in [6.07, 6.45) is 14.0. The summed E-state index contributed by atoms with van der Waals surface area (Å²) in [5.41, 5.74) is 0.363. The van der Waals surface area contributed by atoms with Crippen molar-refractivity contribution in [1.82, 2.24) is 0 Å². The summed E-state index contributed by atoms with van der Waals surface area (Å²) in [5.74, 6) is -0.856. The summed E-state index contributed by atoms with van der Waals surface area (Å²) >= 11 is 0. The molecule has 1 heterocycles. The number of nitrogens with zero attached hydrogens (tertiary/aromatic N) is 1. The molecule has 0 saturated heterocycles. The van der Waals surface area contributed by atoms with Crippen molar-refractivity contribution in [2.24, 2.45) is 0 Å². The lowest BCUT2D eigenvalue weighted by Gasteiger charge is -2.00. The second-order valence-corrected chi connectivity index (χ2v) is 5.11. The summed E-state index contributed by atoms with van der Waals surface area (Å²) in [6.45, 7) is 3.15. The number of hydrogen-bond donors (Lipinski definition) is 1. The number of carbonyl (C=O) groups is 1. The molecule has 0 radical (unpaired) electrons. The van der Waals surface area contributed by atoms with Crippen molar-refractivity contribution in [3.63, 3.8) is 0 Å². The van der Waals surface area contributed by atoms with Crippen molar-refractivity contribution in [2.45, 2.75) is 64.8 Å². The number of hydrogen-bond acceptors (Lipinski definition) is 1. The van der Waals surface area contributed by atoms with Gasteiger partial charge in [-0.05, 0) is 12.5 Å². The Morgan fingerprint density at radius 1 is 1.11 bits per heavy atom. The van der Waals surface area contributed by atoms with Gasteiger partial charge in [0, 0.05) is 12.5 Å². The standard InChI is InChI=1S/C16H25NO2/c1-2-3-4-5-6-7-8-9-12-17-13-10-11-15(14-17)16(18)19/h10-11,13-14H,2-9,12H2,1H3/p+1. The first kappa shape index (κ1) is 15.7. The highest BCUT2D eigenvalue weighted by molar-refractivity contribution is 5.86. The quantitative estimate of drug-likeness (QED) is 0.515. The molecular weight excluding hydrogens is 238 g/mol. The molecule has 1 rings (SSSR count). The van der Waals surface area contributed by atoms with E-state index in [0.717, 1.165) is 13.0 Å². The van der Waals surface area contributed by atoms with E-state index in [4.69, 9.17) is 5.11 Å². The number of pyridine rings is 1. The predicted molar refractivity (Wildman–Crippen MR) is 76.2 cm³/mol. The Balaban J connectivity index is 2.12. The van der Waals surface area contributed by atoms with E-state index in [1.165, 1.54) is 44.9 Å². The number of aromatic nitrogens is 1. The van der Waals surface area contributed by atoms with Crippen LogP contribution in [-0.4, -0.2) is 11.1 Å². The zero-order valence-electron chi connectivity index (χ0n) is 12.0. The van der Waals surface area contributed by atoms with Crippen molar-refractivity contribution < 1.29 is 14.5 Å². The predicted octanol–water partition coefficient (Wildman–Crippen LogP) is 3.81. The van der Waals surface area contributed by atoms with Gasteiger partial charge >= 0.3 is 5.97 Å². The molecule has 0 aliphatic carbocycles. The van der Waals surface area contributed by atoms with Crippen LogP contribution in [0.25, 0.3) is 0 Å². The summed E-state index contributed by atoms with van der Waals surface area (Å²) in [4.78, 5) is 10.8. The molecule has 106 valence electrons. The number of aromatic carboxylic acids is 1. The highest BCUT2D eigenvalue weighted by Gasteiger charge is 2.07. The van der Waals surface area contributed by atoms with Gasteiger partial charge in [-0.25, -0.2) is 9.36 Å². The molecule has 1 aromatic rings. The van der Waals surface area contributed by atoms with Crippen LogP contribution in [0, 0.1) is 0 Å². The van der Waals surface area contributed by atoms with Crippen molar-refractivity contribution in [1.29, 1.82) is 0 Å². The van der Waals surface area contributed by atoms with E-state index in [-0.39, 0.29) is 0 Å². The van der Waals surface area contributed by atoms with Gasteiger partial charge in [-0.15, -0.1) is 0 Å². The first-order valence-electron chi connectivity index (χ1n) is 7.46. The number of aryl methyl sites for hydroxylation is 1. The fraction of sp³-hybridized carbons (Fsp3) is 0.625. The van der Waals surface area contributed by atoms with Gasteiger partial charge in [0.15, 0.2) is 12.4 Å². The minimum absolute atomic E-state index is 0.363. The zero-order valence-corrected chi connectivity index (χ0v) is 12.0. The Labute approximate surface area is 116 Å². The van der Waals surface area contributed by atoms with E-state index < -0.39 is 5.97 Å². The van der Waals surface area contributed by atoms with Crippen molar-refractivity contribution >= 4 is 5.97 Å². The Kier molecular flexibility index (Phi) is 7.87. The van der Waals surface area contributed by atoms with Crippen LogP contribution in [0.5, 0.6) is 0 Å². The average Bonchev–Trinajstić information content (AvgIpc) is 2.42. The molecule has 0 saturated carbocycles. The molecule has 0 bridgehead atoms. The van der Waals surface area contributed by atoms with Crippen molar-refractivity contribution in [3.05, 3.63) is 30.1 Å². The van der Waals surface area contributed by atoms with Crippen LogP contribution in [0.15, 0.2) is 24.5 Å². The van der Waals surface area contributed by atoms with E-state index >= 15 is 0 Å². The first-order valence-corrected chi connectivity index (χ1v) is 7.46. The minimum Gasteiger partial charge on any atom is -0.477 e. The summed E-state index contributed by atoms with van der Waals surface area (Å²) in [5, 5.41) is 8.91. The van der Waals surface area contributed by atoms with Crippen LogP contribution < -0.4 is 4.57 Å². The van der Waals surface area contributed by atoms with Gasteiger partial charge in [0.1, 0.15) is 12.1 Å². The molecule has 0 fully saturated rings. The molecule has 0 aromatic carbocycles. The molecular formula is C16H26NO2+. The van der Waals surface area contributed by atoms with E-state index in [2.05, 4.69) is 6.92 Å². The second-order valence-electron chi connectivity index (χ2n) is 5.11. The molecule has 0 amide bonds. The largest absolute Gasteiger partial charge is 0.477 e. The molecule has 0 spiro atoms. The summed E-state index contributed by atoms with van der Waals surface area (Å²) in [6, 6.07) is 3.43. The highest BCUT2D eigenvalue weighted by Crippen LogP contribution is 2.08. The maximum atomic E-state index is 10.8. The second kappa shape index (κ2) is 9.54. The Bertz CT molecular complexity index is 377. The number of carboxylic acid groups (broad SMARTS) is 1. The molecule has 0 atom stereocenters. The summed E-state index contributed by atoms with van der Waals surface area (Å²) < 4.78 is 1.97. The van der Waals surface area contributed by atoms with Gasteiger partial charge in [-0.3, -0.25) is 0 Å². The van der Waals surface area contributed by atoms with Crippen LogP contribution in [-0.2, 0) is 6.54 Å². The van der Waals surface area contributed by atoms with Crippen LogP contribution in [0.2, 0.25) is 0 Å². The minimum atomic E-state index is -0.856. The van der Waals surface area contributed by atoms with Crippen LogP contribution in [0.3, 0.4) is 0 Å². The van der Waals surface area contributed by atoms with Gasteiger partial charge < -0.3 is 5.11 Å². The monoisotopic (exact) mass is 264 g/mol. The Morgan fingerprint density at radius 3 is 2.37 bits per heavy atom. The SMILES string of the molecule is CCCCCCCCCC[n+]1cccc(C(=O)O)c1. The van der Waals surface area contributed by atoms with Crippen molar-refractivity contribution in [3.8, 4) is 0 Å². The van der Waals surface area contributed by atoms with Crippen LogP contribution in [0.1, 0.15) is 68.6 Å². The maximum absolute atomic E-state index is 10.8. The van der Waals surface area contributed by atoms with Gasteiger partial charge in [0.2, 0.25) is 0 Å². The topological polar surface area (TPSA) is 41.2 Å². The van der Waals surface area contributed by atoms with E-state index in [1.54, 1.807) is 18.3 Å². The molecule has 3 heteroatoms. The molecule has 19 heavy (non-hydrogen) atoms. The Morgan fingerprint density at radius 2 is 1.74 bits per heavy atom. The normalized spacial score (nSPS) is 10.6. The first-order chi connectivity index (χ1) is 9.24. The molecule has 1 N–H and O–H groups in total. The molecule has 0 unspecified atom stereocenters. The van der Waals surface area contributed by atoms with E-state index in [1.807, 2.05) is 10.8 Å². The highest BCUT2D eigenvalue weighted by atomic mass is 16.4. The van der Waals surface area contributed by atoms with E-state index in [9.17, 15) is 4.79 Å². The van der Waals surface area contributed by atoms with Crippen LogP contribution in [0.4, 0.5) is 0 Å². The lowest BCUT2D eigenvalue weighted by molar-refractivity contribution is -0.697. The zero-order chi connectivity index (χ0) is 13.9. The molecule has 0 aliphatic rings. The van der Waals surface area contributed by atoms with Gasteiger partial charge in [-0.2, -0.15) is 0 Å². The van der Waals surface area contributed by atoms with Crippen LogP contribution >= 0.6 is 0 Å².